The summed E-state index contributed by atoms with van der Waals surface area (Å²) in [6.45, 7) is 4.84. The number of benzene rings is 1. The third kappa shape index (κ3) is 5.00. The van der Waals surface area contributed by atoms with Crippen molar-refractivity contribution in [3.05, 3.63) is 29.8 Å². The molecular formula is C14H20O3. The van der Waals surface area contributed by atoms with Crippen LogP contribution in [0.2, 0.25) is 0 Å². The Morgan fingerprint density at radius 2 is 1.88 bits per heavy atom. The van der Waals surface area contributed by atoms with Gasteiger partial charge in [-0.1, -0.05) is 26.0 Å². The van der Waals surface area contributed by atoms with Crippen LogP contribution >= 0.6 is 0 Å². The third-order valence-electron chi connectivity index (χ3n) is 2.56. The zero-order chi connectivity index (χ0) is 12.7. The maximum absolute atomic E-state index is 11.3. The van der Waals surface area contributed by atoms with Crippen molar-refractivity contribution in [2.24, 2.45) is 5.92 Å². The van der Waals surface area contributed by atoms with E-state index in [1.165, 1.54) is 0 Å². The predicted molar refractivity (Wildman–Crippen MR) is 67.1 cm³/mol. The smallest absolute Gasteiger partial charge is 0.137 e. The maximum Gasteiger partial charge on any atom is 0.137 e. The maximum atomic E-state index is 11.3. The quantitative estimate of drug-likeness (QED) is 0.683. The molecule has 0 aliphatic carbocycles. The molecule has 0 aliphatic heterocycles. The van der Waals surface area contributed by atoms with Gasteiger partial charge in [-0.2, -0.15) is 0 Å². The van der Waals surface area contributed by atoms with Gasteiger partial charge in [0.1, 0.15) is 11.5 Å². The van der Waals surface area contributed by atoms with Gasteiger partial charge in [0.25, 0.3) is 0 Å². The monoisotopic (exact) mass is 236 g/mol. The molecule has 0 aliphatic rings. The molecule has 1 rings (SSSR count). The van der Waals surface area contributed by atoms with Gasteiger partial charge in [-0.25, -0.2) is 0 Å². The van der Waals surface area contributed by atoms with Crippen molar-refractivity contribution in [2.45, 2.75) is 26.9 Å². The van der Waals surface area contributed by atoms with Gasteiger partial charge in [0.05, 0.1) is 20.3 Å². The van der Waals surface area contributed by atoms with E-state index in [0.717, 1.165) is 11.3 Å². The Morgan fingerprint density at radius 3 is 2.41 bits per heavy atom. The van der Waals surface area contributed by atoms with Crippen LogP contribution in [0.4, 0.5) is 0 Å². The average molecular weight is 236 g/mol. The van der Waals surface area contributed by atoms with E-state index in [1.54, 1.807) is 7.11 Å². The second-order valence-electron chi connectivity index (χ2n) is 4.27. The van der Waals surface area contributed by atoms with Crippen LogP contribution in [-0.4, -0.2) is 19.5 Å². The van der Waals surface area contributed by atoms with Crippen LogP contribution in [0, 0.1) is 5.92 Å². The van der Waals surface area contributed by atoms with E-state index in [0.29, 0.717) is 19.6 Å². The normalized spacial score (nSPS) is 10.6. The number of carbonyl (C=O) groups excluding carboxylic acids is 1. The van der Waals surface area contributed by atoms with E-state index >= 15 is 0 Å². The minimum absolute atomic E-state index is 0.0968. The lowest BCUT2D eigenvalue weighted by atomic mass is 10.1. The molecule has 0 fully saturated rings. The molecule has 3 heteroatoms. The van der Waals surface area contributed by atoms with E-state index in [2.05, 4.69) is 0 Å². The van der Waals surface area contributed by atoms with Crippen molar-refractivity contribution < 1.29 is 14.3 Å². The summed E-state index contributed by atoms with van der Waals surface area (Å²) >= 11 is 0. The molecule has 3 nitrogen and oxygen atoms in total. The second kappa shape index (κ2) is 7.07. The molecule has 0 saturated heterocycles. The Kier molecular flexibility index (Phi) is 5.70. The summed E-state index contributed by atoms with van der Waals surface area (Å²) in [5.74, 6) is 1.18. The summed E-state index contributed by atoms with van der Waals surface area (Å²) in [7, 11) is 1.64. The Bertz CT molecular complexity index is 341. The van der Waals surface area contributed by atoms with Crippen LogP contribution in [0.3, 0.4) is 0 Å². The van der Waals surface area contributed by atoms with Crippen molar-refractivity contribution >= 4 is 5.78 Å². The van der Waals surface area contributed by atoms with Crippen LogP contribution < -0.4 is 4.74 Å². The molecule has 0 bridgehead atoms. The molecule has 0 saturated carbocycles. The molecule has 0 atom stereocenters. The fourth-order valence-electron chi connectivity index (χ4n) is 1.37. The van der Waals surface area contributed by atoms with Crippen molar-refractivity contribution in [3.8, 4) is 5.75 Å². The number of hydrogen-bond donors (Lipinski definition) is 0. The van der Waals surface area contributed by atoms with Gasteiger partial charge in [0.15, 0.2) is 0 Å². The molecular weight excluding hydrogens is 216 g/mol. The van der Waals surface area contributed by atoms with Gasteiger partial charge in [-0.05, 0) is 17.7 Å². The van der Waals surface area contributed by atoms with E-state index in [9.17, 15) is 4.79 Å². The van der Waals surface area contributed by atoms with Crippen molar-refractivity contribution in [1.29, 1.82) is 0 Å². The highest BCUT2D eigenvalue weighted by molar-refractivity contribution is 5.80. The number of ether oxygens (including phenoxy) is 2. The minimum atomic E-state index is 0.0968. The Morgan fingerprint density at radius 1 is 1.24 bits per heavy atom. The molecule has 1 aromatic rings. The predicted octanol–water partition coefficient (Wildman–Crippen LogP) is 2.83. The van der Waals surface area contributed by atoms with Crippen molar-refractivity contribution in [1.82, 2.24) is 0 Å². The Balaban J connectivity index is 2.24. The molecule has 0 aromatic heterocycles. The first-order valence-electron chi connectivity index (χ1n) is 5.87. The van der Waals surface area contributed by atoms with Gasteiger partial charge in [0.2, 0.25) is 0 Å². The Labute approximate surface area is 103 Å². The van der Waals surface area contributed by atoms with Crippen LogP contribution in [0.25, 0.3) is 0 Å². The first-order chi connectivity index (χ1) is 8.13. The highest BCUT2D eigenvalue weighted by Crippen LogP contribution is 2.12. The van der Waals surface area contributed by atoms with Crippen LogP contribution in [0.1, 0.15) is 25.8 Å². The van der Waals surface area contributed by atoms with Gasteiger partial charge in [0, 0.05) is 12.3 Å². The highest BCUT2D eigenvalue weighted by Gasteiger charge is 2.06. The molecule has 0 heterocycles. The lowest BCUT2D eigenvalue weighted by molar-refractivity contribution is -0.123. The van der Waals surface area contributed by atoms with Gasteiger partial charge in [-0.3, -0.25) is 4.79 Å². The van der Waals surface area contributed by atoms with Crippen LogP contribution in [0.15, 0.2) is 24.3 Å². The van der Waals surface area contributed by atoms with Crippen LogP contribution in [0.5, 0.6) is 5.75 Å². The average Bonchev–Trinajstić information content (AvgIpc) is 2.35. The topological polar surface area (TPSA) is 35.5 Å². The standard InChI is InChI=1S/C14H20O3/c1-11(2)14(15)8-9-17-10-12-4-6-13(16-3)7-5-12/h4-7,11H,8-10H2,1-3H3. The number of carbonyl (C=O) groups is 1. The first kappa shape index (κ1) is 13.7. The zero-order valence-electron chi connectivity index (χ0n) is 10.7. The largest absolute Gasteiger partial charge is 0.497 e. The van der Waals surface area contributed by atoms with E-state index in [1.807, 2.05) is 38.1 Å². The van der Waals surface area contributed by atoms with Crippen molar-refractivity contribution in [3.63, 3.8) is 0 Å². The molecule has 0 radical (unpaired) electrons. The lowest BCUT2D eigenvalue weighted by Crippen LogP contribution is -2.10. The van der Waals surface area contributed by atoms with Gasteiger partial charge < -0.3 is 9.47 Å². The lowest BCUT2D eigenvalue weighted by Gasteiger charge is -2.06. The molecule has 0 unspecified atom stereocenters. The van der Waals surface area contributed by atoms with Gasteiger partial charge >= 0.3 is 0 Å². The van der Waals surface area contributed by atoms with E-state index < -0.39 is 0 Å². The summed E-state index contributed by atoms with van der Waals surface area (Å²) in [6, 6.07) is 7.72. The number of hydrogen-bond acceptors (Lipinski definition) is 3. The summed E-state index contributed by atoms with van der Waals surface area (Å²) in [5, 5.41) is 0. The molecule has 1 aromatic carbocycles. The van der Waals surface area contributed by atoms with Crippen LogP contribution in [-0.2, 0) is 16.1 Å². The fourth-order valence-corrected chi connectivity index (χ4v) is 1.37. The first-order valence-corrected chi connectivity index (χ1v) is 5.87. The summed E-state index contributed by atoms with van der Waals surface area (Å²) in [5.41, 5.74) is 1.09. The summed E-state index contributed by atoms with van der Waals surface area (Å²) in [4.78, 5) is 11.3. The van der Waals surface area contributed by atoms with E-state index in [-0.39, 0.29) is 11.7 Å². The highest BCUT2D eigenvalue weighted by atomic mass is 16.5. The molecule has 94 valence electrons. The number of rotatable bonds is 7. The van der Waals surface area contributed by atoms with Gasteiger partial charge in [-0.15, -0.1) is 0 Å². The summed E-state index contributed by atoms with van der Waals surface area (Å²) in [6.07, 6.45) is 0.494. The molecule has 0 N–H and O–H groups in total. The Hall–Kier alpha value is -1.35. The number of methoxy groups -OCH3 is 1. The SMILES string of the molecule is COc1ccc(COCCC(=O)C(C)C)cc1. The number of Topliss-reactive ketones (excluding diaryl/α,β-unsaturated/α-hetero) is 1. The second-order valence-corrected chi connectivity index (χ2v) is 4.27. The summed E-state index contributed by atoms with van der Waals surface area (Å²) < 4.78 is 10.5. The molecule has 17 heavy (non-hydrogen) atoms. The van der Waals surface area contributed by atoms with Crippen molar-refractivity contribution in [2.75, 3.05) is 13.7 Å². The zero-order valence-corrected chi connectivity index (χ0v) is 10.7. The molecule has 0 amide bonds. The molecule has 0 spiro atoms. The fraction of sp³-hybridized carbons (Fsp3) is 0.500. The third-order valence-corrected chi connectivity index (χ3v) is 2.56. The van der Waals surface area contributed by atoms with E-state index in [4.69, 9.17) is 9.47 Å². The minimum Gasteiger partial charge on any atom is -0.497 e. The number of ketones is 1.